The summed E-state index contributed by atoms with van der Waals surface area (Å²) in [6.07, 6.45) is 0.811. The molecule has 0 spiro atoms. The molecule has 0 radical (unpaired) electrons. The third-order valence-electron chi connectivity index (χ3n) is 3.06. The molecule has 2 rings (SSSR count). The minimum Gasteiger partial charge on any atom is -0.488 e. The molecule has 3 heteroatoms. The van der Waals surface area contributed by atoms with Crippen molar-refractivity contribution in [2.45, 2.75) is 59.1 Å². The summed E-state index contributed by atoms with van der Waals surface area (Å²) in [6, 6.07) is 8.21. The highest BCUT2D eigenvalue weighted by Gasteiger charge is 2.17. The van der Waals surface area contributed by atoms with E-state index in [1.165, 1.54) is 5.56 Å². The van der Waals surface area contributed by atoms with Gasteiger partial charge in [-0.15, -0.1) is 0 Å². The molecule has 0 bridgehead atoms. The first kappa shape index (κ1) is 15.8. The van der Waals surface area contributed by atoms with E-state index in [0.29, 0.717) is 0 Å². The maximum absolute atomic E-state index is 6.20. The van der Waals surface area contributed by atoms with E-state index in [0.717, 1.165) is 28.8 Å². The van der Waals surface area contributed by atoms with Crippen LogP contribution in [0.5, 0.6) is 5.75 Å². The molecular weight excluding hydrogens is 260 g/mol. The van der Waals surface area contributed by atoms with E-state index in [9.17, 15) is 0 Å². The molecule has 0 unspecified atom stereocenters. The molecule has 2 N–H and O–H groups in total. The van der Waals surface area contributed by atoms with Gasteiger partial charge in [-0.3, -0.25) is 4.98 Å². The number of aromatic nitrogens is 1. The summed E-state index contributed by atoms with van der Waals surface area (Å²) >= 11 is 0. The molecule has 3 nitrogen and oxygen atoms in total. The number of benzene rings is 1. The van der Waals surface area contributed by atoms with E-state index in [-0.39, 0.29) is 11.1 Å². The van der Waals surface area contributed by atoms with Crippen molar-refractivity contribution in [2.75, 3.05) is 0 Å². The zero-order valence-corrected chi connectivity index (χ0v) is 13.9. The minimum absolute atomic E-state index is 0.209. The predicted molar refractivity (Wildman–Crippen MR) is 88.8 cm³/mol. The fourth-order valence-corrected chi connectivity index (χ4v) is 2.48. The van der Waals surface area contributed by atoms with Gasteiger partial charge in [0.05, 0.1) is 5.52 Å². The van der Waals surface area contributed by atoms with E-state index in [1.807, 2.05) is 32.9 Å². The lowest BCUT2D eigenvalue weighted by Gasteiger charge is -2.23. The molecular formula is C18H26N2O. The van der Waals surface area contributed by atoms with Gasteiger partial charge >= 0.3 is 0 Å². The predicted octanol–water partition coefficient (Wildman–Crippen LogP) is 4.00. The third-order valence-corrected chi connectivity index (χ3v) is 3.06. The second kappa shape index (κ2) is 5.30. The van der Waals surface area contributed by atoms with Gasteiger partial charge in [0.2, 0.25) is 0 Å². The van der Waals surface area contributed by atoms with Crippen molar-refractivity contribution in [3.8, 4) is 5.75 Å². The molecule has 0 atom stereocenters. The van der Waals surface area contributed by atoms with Crippen LogP contribution in [0.25, 0.3) is 10.9 Å². The summed E-state index contributed by atoms with van der Waals surface area (Å²) in [5, 5.41) is 1.13. The summed E-state index contributed by atoms with van der Waals surface area (Å²) in [4.78, 5) is 4.61. The molecule has 2 aromatic rings. The quantitative estimate of drug-likeness (QED) is 0.927. The Labute approximate surface area is 127 Å². The smallest absolute Gasteiger partial charge is 0.120 e. The average molecular weight is 286 g/mol. The average Bonchev–Trinajstić information content (AvgIpc) is 2.25. The van der Waals surface area contributed by atoms with Gasteiger partial charge in [0.25, 0.3) is 0 Å². The van der Waals surface area contributed by atoms with Crippen molar-refractivity contribution in [1.29, 1.82) is 0 Å². The highest BCUT2D eigenvalue weighted by Crippen LogP contribution is 2.27. The molecule has 1 aromatic heterocycles. The first-order valence-electron chi connectivity index (χ1n) is 7.42. The van der Waals surface area contributed by atoms with Gasteiger partial charge in [0.15, 0.2) is 0 Å². The Morgan fingerprint density at radius 3 is 2.33 bits per heavy atom. The van der Waals surface area contributed by atoms with E-state index in [4.69, 9.17) is 10.5 Å². The first-order chi connectivity index (χ1) is 9.53. The van der Waals surface area contributed by atoms with Gasteiger partial charge in [-0.25, -0.2) is 0 Å². The van der Waals surface area contributed by atoms with Crippen molar-refractivity contribution < 1.29 is 4.74 Å². The fraction of sp³-hybridized carbons (Fsp3) is 0.500. The maximum Gasteiger partial charge on any atom is 0.120 e. The maximum atomic E-state index is 6.20. The number of aryl methyl sites for hydroxylation is 1. The van der Waals surface area contributed by atoms with Crippen molar-refractivity contribution in [3.63, 3.8) is 0 Å². The molecule has 0 aliphatic heterocycles. The zero-order valence-electron chi connectivity index (χ0n) is 13.9. The molecule has 114 valence electrons. The van der Waals surface area contributed by atoms with Crippen molar-refractivity contribution >= 4 is 10.9 Å². The second-order valence-corrected chi connectivity index (χ2v) is 7.48. The van der Waals surface area contributed by atoms with Gasteiger partial charge in [0, 0.05) is 16.6 Å². The lowest BCUT2D eigenvalue weighted by atomic mass is 9.93. The van der Waals surface area contributed by atoms with E-state index in [2.05, 4.69) is 37.9 Å². The molecule has 0 aliphatic rings. The van der Waals surface area contributed by atoms with Crippen LogP contribution in [0.3, 0.4) is 0 Å². The van der Waals surface area contributed by atoms with Crippen LogP contribution in [0, 0.1) is 6.92 Å². The second-order valence-electron chi connectivity index (χ2n) is 7.48. The normalized spacial score (nSPS) is 12.7. The SMILES string of the molecule is Cc1cc(CC(C)(C)N)c2cc(OC(C)(C)C)ccc2n1. The summed E-state index contributed by atoms with van der Waals surface area (Å²) in [5.74, 6) is 0.872. The number of nitrogens with zero attached hydrogens (tertiary/aromatic N) is 1. The number of ether oxygens (including phenoxy) is 1. The number of rotatable bonds is 3. The standard InChI is InChI=1S/C18H26N2O/c1-12-9-13(11-18(5,6)19)15-10-14(21-17(2,3)4)7-8-16(15)20-12/h7-10H,11,19H2,1-6H3. The van der Waals surface area contributed by atoms with Crippen LogP contribution in [0.1, 0.15) is 45.9 Å². The fourth-order valence-electron chi connectivity index (χ4n) is 2.48. The molecule has 0 saturated carbocycles. The molecule has 0 aliphatic carbocycles. The van der Waals surface area contributed by atoms with Crippen LogP contribution in [0.2, 0.25) is 0 Å². The van der Waals surface area contributed by atoms with Crippen LogP contribution >= 0.6 is 0 Å². The van der Waals surface area contributed by atoms with E-state index < -0.39 is 0 Å². The largest absolute Gasteiger partial charge is 0.488 e. The molecule has 21 heavy (non-hydrogen) atoms. The monoisotopic (exact) mass is 286 g/mol. The van der Waals surface area contributed by atoms with Crippen molar-refractivity contribution in [2.24, 2.45) is 5.73 Å². The topological polar surface area (TPSA) is 48.1 Å². The number of fused-ring (bicyclic) bond motifs is 1. The van der Waals surface area contributed by atoms with E-state index >= 15 is 0 Å². The number of hydrogen-bond donors (Lipinski definition) is 1. The Morgan fingerprint density at radius 2 is 1.76 bits per heavy atom. The lowest BCUT2D eigenvalue weighted by Crippen LogP contribution is -2.34. The molecule has 0 saturated heterocycles. The lowest BCUT2D eigenvalue weighted by molar-refractivity contribution is 0.131. The number of hydrogen-bond acceptors (Lipinski definition) is 3. The third kappa shape index (κ3) is 4.43. The Morgan fingerprint density at radius 1 is 1.10 bits per heavy atom. The van der Waals surface area contributed by atoms with Gasteiger partial charge in [0.1, 0.15) is 11.4 Å². The molecule has 0 amide bonds. The number of pyridine rings is 1. The van der Waals surface area contributed by atoms with Crippen molar-refractivity contribution in [1.82, 2.24) is 4.98 Å². The molecule has 1 aromatic carbocycles. The first-order valence-corrected chi connectivity index (χ1v) is 7.42. The van der Waals surface area contributed by atoms with E-state index in [1.54, 1.807) is 0 Å². The summed E-state index contributed by atoms with van der Waals surface area (Å²) < 4.78 is 5.97. The summed E-state index contributed by atoms with van der Waals surface area (Å²) in [7, 11) is 0. The Kier molecular flexibility index (Phi) is 3.98. The molecule has 0 fully saturated rings. The highest BCUT2D eigenvalue weighted by atomic mass is 16.5. The van der Waals surface area contributed by atoms with Crippen LogP contribution in [0.15, 0.2) is 24.3 Å². The minimum atomic E-state index is -0.248. The van der Waals surface area contributed by atoms with Gasteiger partial charge in [-0.05, 0) is 77.8 Å². The van der Waals surface area contributed by atoms with Gasteiger partial charge in [-0.2, -0.15) is 0 Å². The van der Waals surface area contributed by atoms with Gasteiger partial charge in [-0.1, -0.05) is 0 Å². The van der Waals surface area contributed by atoms with Crippen LogP contribution in [-0.4, -0.2) is 16.1 Å². The number of nitrogens with two attached hydrogens (primary N) is 1. The summed E-state index contributed by atoms with van der Waals surface area (Å²) in [5.41, 5.74) is 8.98. The highest BCUT2D eigenvalue weighted by molar-refractivity contribution is 5.84. The Bertz CT molecular complexity index is 649. The molecule has 1 heterocycles. The zero-order chi connectivity index (χ0) is 15.8. The Balaban J connectivity index is 2.53. The van der Waals surface area contributed by atoms with Gasteiger partial charge < -0.3 is 10.5 Å². The summed E-state index contributed by atoms with van der Waals surface area (Å²) in [6.45, 7) is 12.3. The Hall–Kier alpha value is -1.61. The van der Waals surface area contributed by atoms with Crippen LogP contribution in [-0.2, 0) is 6.42 Å². The van der Waals surface area contributed by atoms with Crippen LogP contribution < -0.4 is 10.5 Å². The van der Waals surface area contributed by atoms with Crippen LogP contribution in [0.4, 0.5) is 0 Å². The van der Waals surface area contributed by atoms with Crippen molar-refractivity contribution in [3.05, 3.63) is 35.5 Å².